The van der Waals surface area contributed by atoms with Crippen LogP contribution >= 0.6 is 23.1 Å². The zero-order chi connectivity index (χ0) is 17.6. The molecular formula is C16H20N4O3S2. The Morgan fingerprint density at radius 3 is 2.88 bits per heavy atom. The van der Waals surface area contributed by atoms with Crippen LogP contribution in [0.25, 0.3) is 0 Å². The number of carbonyl (C=O) groups is 1. The molecule has 1 fully saturated rings. The number of para-hydroxylation sites is 2. The second kappa shape index (κ2) is 8.50. The molecule has 1 aliphatic heterocycles. The zero-order valence-electron chi connectivity index (χ0n) is 14.1. The number of hydrogen-bond acceptors (Lipinski definition) is 8. The van der Waals surface area contributed by atoms with Crippen LogP contribution in [0.2, 0.25) is 0 Å². The van der Waals surface area contributed by atoms with Gasteiger partial charge in [-0.2, -0.15) is 0 Å². The summed E-state index contributed by atoms with van der Waals surface area (Å²) in [5.74, 6) is 0.852. The molecule has 1 aromatic carbocycles. The van der Waals surface area contributed by atoms with E-state index in [0.717, 1.165) is 15.8 Å². The normalized spacial score (nSPS) is 15.7. The van der Waals surface area contributed by atoms with Gasteiger partial charge in [-0.1, -0.05) is 35.2 Å². The van der Waals surface area contributed by atoms with E-state index >= 15 is 0 Å². The fraction of sp³-hybridized carbons (Fsp3) is 0.438. The summed E-state index contributed by atoms with van der Waals surface area (Å²) in [6.07, 6.45) is 0. The summed E-state index contributed by atoms with van der Waals surface area (Å²) >= 11 is 2.85. The molecule has 9 heteroatoms. The minimum atomic E-state index is -0.204. The number of benzene rings is 1. The average molecular weight is 380 g/mol. The van der Waals surface area contributed by atoms with Crippen molar-refractivity contribution in [2.75, 3.05) is 38.7 Å². The lowest BCUT2D eigenvalue weighted by Crippen LogP contribution is -2.44. The Morgan fingerprint density at radius 1 is 1.36 bits per heavy atom. The largest absolute Gasteiger partial charge is 0.495 e. The molecule has 1 saturated heterocycles. The van der Waals surface area contributed by atoms with Gasteiger partial charge in [0.25, 0.3) is 0 Å². The number of aromatic nitrogens is 2. The van der Waals surface area contributed by atoms with Crippen molar-refractivity contribution in [3.05, 3.63) is 24.3 Å². The Labute approximate surface area is 154 Å². The van der Waals surface area contributed by atoms with Crippen molar-refractivity contribution in [2.24, 2.45) is 0 Å². The molecule has 2 aromatic rings. The molecule has 1 aliphatic rings. The lowest BCUT2D eigenvalue weighted by atomic mass is 10.3. The minimum Gasteiger partial charge on any atom is -0.495 e. The smallest absolute Gasteiger partial charge is 0.236 e. The van der Waals surface area contributed by atoms with Crippen molar-refractivity contribution in [1.82, 2.24) is 15.1 Å². The summed E-state index contributed by atoms with van der Waals surface area (Å²) in [6, 6.07) is 7.62. The van der Waals surface area contributed by atoms with E-state index in [-0.39, 0.29) is 11.2 Å². The van der Waals surface area contributed by atoms with E-state index in [1.54, 1.807) is 7.11 Å². The lowest BCUT2D eigenvalue weighted by molar-refractivity contribution is -0.134. The number of morpholine rings is 1. The molecule has 7 nitrogen and oxygen atoms in total. The van der Waals surface area contributed by atoms with Crippen molar-refractivity contribution in [1.29, 1.82) is 0 Å². The quantitative estimate of drug-likeness (QED) is 0.772. The number of thioether (sulfide) groups is 1. The van der Waals surface area contributed by atoms with Gasteiger partial charge in [-0.15, -0.1) is 10.2 Å². The fourth-order valence-corrected chi connectivity index (χ4v) is 4.41. The Hall–Kier alpha value is -1.84. The molecule has 134 valence electrons. The third-order valence-electron chi connectivity index (χ3n) is 3.70. The summed E-state index contributed by atoms with van der Waals surface area (Å²) < 4.78 is 11.4. The van der Waals surface area contributed by atoms with Crippen molar-refractivity contribution >= 4 is 39.8 Å². The van der Waals surface area contributed by atoms with Crippen molar-refractivity contribution in [3.8, 4) is 5.75 Å². The van der Waals surface area contributed by atoms with Gasteiger partial charge in [-0.3, -0.25) is 4.79 Å². The molecule has 0 aliphatic carbocycles. The van der Waals surface area contributed by atoms with E-state index in [2.05, 4.69) is 15.5 Å². The van der Waals surface area contributed by atoms with Crippen LogP contribution in [0.1, 0.15) is 6.92 Å². The van der Waals surface area contributed by atoms with Crippen LogP contribution in [-0.4, -0.2) is 59.7 Å². The first-order chi connectivity index (χ1) is 12.2. The molecule has 1 N–H and O–H groups in total. The number of amides is 1. The van der Waals surface area contributed by atoms with Crippen LogP contribution in [0.4, 0.5) is 10.8 Å². The molecular weight excluding hydrogens is 360 g/mol. The van der Waals surface area contributed by atoms with Crippen LogP contribution < -0.4 is 10.1 Å². The van der Waals surface area contributed by atoms with Gasteiger partial charge in [0, 0.05) is 13.1 Å². The van der Waals surface area contributed by atoms with Crippen molar-refractivity contribution < 1.29 is 14.3 Å². The molecule has 1 amide bonds. The lowest BCUT2D eigenvalue weighted by Gasteiger charge is -2.28. The predicted molar refractivity (Wildman–Crippen MR) is 98.9 cm³/mol. The van der Waals surface area contributed by atoms with Crippen molar-refractivity contribution in [3.63, 3.8) is 0 Å². The molecule has 2 heterocycles. The highest BCUT2D eigenvalue weighted by molar-refractivity contribution is 8.02. The molecule has 1 aromatic heterocycles. The van der Waals surface area contributed by atoms with E-state index in [0.29, 0.717) is 31.4 Å². The number of ether oxygens (including phenoxy) is 2. The molecule has 0 spiro atoms. The number of nitrogens with one attached hydrogen (secondary N) is 1. The topological polar surface area (TPSA) is 76.6 Å². The first-order valence-electron chi connectivity index (χ1n) is 7.94. The van der Waals surface area contributed by atoms with Gasteiger partial charge in [0.1, 0.15) is 5.75 Å². The molecule has 0 saturated carbocycles. The first kappa shape index (κ1) is 18.0. The number of rotatable bonds is 6. The Morgan fingerprint density at radius 2 is 2.12 bits per heavy atom. The van der Waals surface area contributed by atoms with E-state index < -0.39 is 0 Å². The molecule has 0 bridgehead atoms. The highest BCUT2D eigenvalue weighted by Gasteiger charge is 2.24. The van der Waals surface area contributed by atoms with Crippen molar-refractivity contribution in [2.45, 2.75) is 16.5 Å². The van der Waals surface area contributed by atoms with Gasteiger partial charge in [0.15, 0.2) is 4.34 Å². The van der Waals surface area contributed by atoms with Gasteiger partial charge in [-0.05, 0) is 19.1 Å². The summed E-state index contributed by atoms with van der Waals surface area (Å²) in [6.45, 7) is 4.42. The number of carbonyl (C=O) groups excluding carboxylic acids is 1. The monoisotopic (exact) mass is 380 g/mol. The van der Waals surface area contributed by atoms with Crippen LogP contribution in [0.15, 0.2) is 28.6 Å². The number of anilines is 2. The summed E-state index contributed by atoms with van der Waals surface area (Å²) in [5.41, 5.74) is 0.829. The van der Waals surface area contributed by atoms with Gasteiger partial charge >= 0.3 is 0 Å². The molecule has 1 atom stereocenters. The minimum absolute atomic E-state index is 0.114. The third kappa shape index (κ3) is 4.62. The predicted octanol–water partition coefficient (Wildman–Crippen LogP) is 2.63. The van der Waals surface area contributed by atoms with Gasteiger partial charge < -0.3 is 19.7 Å². The summed E-state index contributed by atoms with van der Waals surface area (Å²) in [7, 11) is 1.63. The molecule has 1 unspecified atom stereocenters. The number of hydrogen-bond donors (Lipinski definition) is 1. The SMILES string of the molecule is COc1ccccc1Nc1nnc(SC(C)C(=O)N2CCOCC2)s1. The van der Waals surface area contributed by atoms with Crippen LogP contribution in [0.3, 0.4) is 0 Å². The van der Waals surface area contributed by atoms with Gasteiger partial charge in [0.2, 0.25) is 11.0 Å². The Bertz CT molecular complexity index is 719. The van der Waals surface area contributed by atoms with Crippen LogP contribution in [0.5, 0.6) is 5.75 Å². The third-order valence-corrected chi connectivity index (χ3v) is 5.71. The molecule has 25 heavy (non-hydrogen) atoms. The van der Waals surface area contributed by atoms with E-state index in [1.165, 1.54) is 23.1 Å². The van der Waals surface area contributed by atoms with Gasteiger partial charge in [0.05, 0.1) is 31.3 Å². The van der Waals surface area contributed by atoms with E-state index in [9.17, 15) is 4.79 Å². The second-order valence-electron chi connectivity index (χ2n) is 5.40. The summed E-state index contributed by atoms with van der Waals surface area (Å²) in [5, 5.41) is 12.0. The summed E-state index contributed by atoms with van der Waals surface area (Å²) in [4.78, 5) is 14.3. The second-order valence-corrected chi connectivity index (χ2v) is 7.96. The van der Waals surface area contributed by atoms with Crippen LogP contribution in [0, 0.1) is 0 Å². The molecule has 0 radical (unpaired) electrons. The van der Waals surface area contributed by atoms with E-state index in [1.807, 2.05) is 36.1 Å². The Balaban J connectivity index is 1.60. The molecule has 3 rings (SSSR count). The average Bonchev–Trinajstić information content (AvgIpc) is 3.09. The highest BCUT2D eigenvalue weighted by atomic mass is 32.2. The van der Waals surface area contributed by atoms with E-state index in [4.69, 9.17) is 9.47 Å². The highest BCUT2D eigenvalue weighted by Crippen LogP contribution is 2.33. The maximum atomic E-state index is 12.5. The maximum absolute atomic E-state index is 12.5. The standard InChI is InChI=1S/C16H20N4O3S2/c1-11(14(21)20-7-9-23-10-8-20)24-16-19-18-15(25-16)17-12-5-3-4-6-13(12)22-2/h3-6,11H,7-10H2,1-2H3,(H,17,18). The maximum Gasteiger partial charge on any atom is 0.236 e. The first-order valence-corrected chi connectivity index (χ1v) is 9.63. The number of nitrogens with zero attached hydrogens (tertiary/aromatic N) is 3. The van der Waals surface area contributed by atoms with Gasteiger partial charge in [-0.25, -0.2) is 0 Å². The number of methoxy groups -OCH3 is 1. The zero-order valence-corrected chi connectivity index (χ0v) is 15.7. The Kier molecular flexibility index (Phi) is 6.11. The fourth-order valence-electron chi connectivity index (χ4n) is 2.41. The van der Waals surface area contributed by atoms with Crippen LogP contribution in [-0.2, 0) is 9.53 Å².